The zero-order valence-corrected chi connectivity index (χ0v) is 9.66. The van der Waals surface area contributed by atoms with Crippen LogP contribution in [-0.2, 0) is 0 Å². The second-order valence-corrected chi connectivity index (χ2v) is 4.25. The van der Waals surface area contributed by atoms with Gasteiger partial charge in [-0.05, 0) is 38.0 Å². The summed E-state index contributed by atoms with van der Waals surface area (Å²) in [6.07, 6.45) is 0.853. The Morgan fingerprint density at radius 2 is 2.00 bits per heavy atom. The molecule has 0 radical (unpaired) electrons. The predicted molar refractivity (Wildman–Crippen MR) is 64.7 cm³/mol. The summed E-state index contributed by atoms with van der Waals surface area (Å²) in [5.74, 6) is 0. The molecule has 0 aliphatic carbocycles. The molecule has 2 rings (SSSR count). The van der Waals surface area contributed by atoms with E-state index in [4.69, 9.17) is 0 Å². The molecule has 0 amide bonds. The maximum atomic E-state index is 12.1. The first-order chi connectivity index (χ1) is 7.50. The zero-order valence-electron chi connectivity index (χ0n) is 9.66. The van der Waals surface area contributed by atoms with Crippen LogP contribution in [-0.4, -0.2) is 10.1 Å². The summed E-state index contributed by atoms with van der Waals surface area (Å²) in [6.45, 7) is 5.52. The molecule has 2 aromatic rings. The Morgan fingerprint density at radius 3 is 2.62 bits per heavy atom. The number of fused-ring (bicyclic) bond motifs is 1. The number of aromatic nitrogens is 1. The van der Waals surface area contributed by atoms with Gasteiger partial charge in [0.2, 0.25) is 0 Å². The highest BCUT2D eigenvalue weighted by Crippen LogP contribution is 2.17. The average molecular weight is 217 g/mol. The highest BCUT2D eigenvalue weighted by molar-refractivity contribution is 5.82. The fourth-order valence-electron chi connectivity index (χ4n) is 2.02. The number of H-pyrrole nitrogens is 1. The van der Waals surface area contributed by atoms with Crippen molar-refractivity contribution >= 4 is 10.9 Å². The molecular formula is C13H15NO2. The number of aryl methyl sites for hydroxylation is 2. The fraction of sp³-hybridized carbons (Fsp3) is 0.308. The van der Waals surface area contributed by atoms with Gasteiger partial charge in [0.25, 0.3) is 0 Å². The molecule has 1 unspecified atom stereocenters. The molecule has 16 heavy (non-hydrogen) atoms. The van der Waals surface area contributed by atoms with E-state index in [2.05, 4.69) is 4.98 Å². The number of benzene rings is 1. The van der Waals surface area contributed by atoms with Crippen molar-refractivity contribution in [3.63, 3.8) is 0 Å². The van der Waals surface area contributed by atoms with E-state index in [1.165, 1.54) is 0 Å². The minimum absolute atomic E-state index is 0.0875. The van der Waals surface area contributed by atoms with E-state index in [-0.39, 0.29) is 5.43 Å². The van der Waals surface area contributed by atoms with E-state index < -0.39 is 6.10 Å². The number of nitrogens with one attached hydrogen (secondary N) is 1. The van der Waals surface area contributed by atoms with Crippen LogP contribution in [0.1, 0.15) is 29.7 Å². The molecule has 1 aromatic heterocycles. The van der Waals surface area contributed by atoms with Crippen molar-refractivity contribution in [3.05, 3.63) is 45.2 Å². The van der Waals surface area contributed by atoms with Crippen molar-refractivity contribution in [1.29, 1.82) is 0 Å². The second-order valence-electron chi connectivity index (χ2n) is 4.25. The number of aliphatic hydroxyl groups is 1. The molecule has 2 N–H and O–H groups in total. The Balaban J connectivity index is 2.89. The summed E-state index contributed by atoms with van der Waals surface area (Å²) in [5.41, 5.74) is 3.27. The van der Waals surface area contributed by atoms with Crippen LogP contribution in [0, 0.1) is 13.8 Å². The predicted octanol–water partition coefficient (Wildman–Crippen LogP) is 2.20. The van der Waals surface area contributed by atoms with E-state index in [9.17, 15) is 9.90 Å². The van der Waals surface area contributed by atoms with Gasteiger partial charge in [-0.15, -0.1) is 0 Å². The van der Waals surface area contributed by atoms with Crippen LogP contribution < -0.4 is 5.43 Å². The van der Waals surface area contributed by atoms with Crippen molar-refractivity contribution in [3.8, 4) is 0 Å². The first-order valence-electron chi connectivity index (χ1n) is 5.31. The van der Waals surface area contributed by atoms with E-state index in [1.54, 1.807) is 13.1 Å². The Bertz CT molecular complexity index is 597. The van der Waals surface area contributed by atoms with E-state index >= 15 is 0 Å². The molecule has 0 spiro atoms. The molecule has 84 valence electrons. The smallest absolute Gasteiger partial charge is 0.195 e. The monoisotopic (exact) mass is 217 g/mol. The zero-order chi connectivity index (χ0) is 11.9. The third-order valence-electron chi connectivity index (χ3n) is 2.81. The summed E-state index contributed by atoms with van der Waals surface area (Å²) in [7, 11) is 0. The topological polar surface area (TPSA) is 53.1 Å². The third kappa shape index (κ3) is 1.63. The molecule has 1 aromatic carbocycles. The minimum Gasteiger partial charge on any atom is -0.389 e. The van der Waals surface area contributed by atoms with E-state index in [0.29, 0.717) is 10.9 Å². The van der Waals surface area contributed by atoms with E-state index in [0.717, 1.165) is 16.6 Å². The van der Waals surface area contributed by atoms with Gasteiger partial charge in [-0.1, -0.05) is 6.07 Å². The number of hydrogen-bond acceptors (Lipinski definition) is 2. The second kappa shape index (κ2) is 3.76. The Kier molecular flexibility index (Phi) is 2.56. The fourth-order valence-corrected chi connectivity index (χ4v) is 2.02. The Labute approximate surface area is 93.7 Å². The van der Waals surface area contributed by atoms with Crippen molar-refractivity contribution in [2.24, 2.45) is 0 Å². The van der Waals surface area contributed by atoms with Crippen LogP contribution in [0.4, 0.5) is 0 Å². The van der Waals surface area contributed by atoms with Gasteiger partial charge in [0.15, 0.2) is 5.43 Å². The lowest BCUT2D eigenvalue weighted by Crippen LogP contribution is -2.13. The minimum atomic E-state index is -0.742. The van der Waals surface area contributed by atoms with Gasteiger partial charge in [-0.2, -0.15) is 0 Å². The Morgan fingerprint density at radius 1 is 1.31 bits per heavy atom. The maximum Gasteiger partial charge on any atom is 0.195 e. The molecule has 0 aliphatic heterocycles. The molecule has 3 nitrogen and oxygen atoms in total. The van der Waals surface area contributed by atoms with Gasteiger partial charge in [-0.25, -0.2) is 0 Å². The molecule has 0 aliphatic rings. The first kappa shape index (κ1) is 10.9. The summed E-state index contributed by atoms with van der Waals surface area (Å²) in [5, 5.41) is 10.1. The summed E-state index contributed by atoms with van der Waals surface area (Å²) < 4.78 is 0. The molecular weight excluding hydrogens is 202 g/mol. The van der Waals surface area contributed by atoms with Gasteiger partial charge in [0, 0.05) is 17.1 Å². The van der Waals surface area contributed by atoms with Crippen molar-refractivity contribution in [2.75, 3.05) is 0 Å². The van der Waals surface area contributed by atoms with Crippen molar-refractivity contribution in [2.45, 2.75) is 26.9 Å². The molecule has 1 heterocycles. The molecule has 0 saturated carbocycles. The standard InChI is InChI=1S/C13H15NO2/c1-7-4-8(2)12-10(5-7)13(16)11(6-14-12)9(3)15/h4-6,9,15H,1-3H3,(H,14,16). The third-order valence-corrected chi connectivity index (χ3v) is 2.81. The van der Waals surface area contributed by atoms with Gasteiger partial charge < -0.3 is 10.1 Å². The molecule has 0 saturated heterocycles. The summed E-state index contributed by atoms with van der Waals surface area (Å²) in [4.78, 5) is 15.2. The van der Waals surface area contributed by atoms with Crippen molar-refractivity contribution < 1.29 is 5.11 Å². The SMILES string of the molecule is Cc1cc(C)c2[nH]cc(C(C)O)c(=O)c2c1. The molecule has 3 heteroatoms. The average Bonchev–Trinajstić information content (AvgIpc) is 2.19. The summed E-state index contributed by atoms with van der Waals surface area (Å²) in [6, 6.07) is 3.88. The number of hydrogen-bond donors (Lipinski definition) is 2. The van der Waals surface area contributed by atoms with Gasteiger partial charge >= 0.3 is 0 Å². The van der Waals surface area contributed by atoms with Crippen LogP contribution in [0.2, 0.25) is 0 Å². The quantitative estimate of drug-likeness (QED) is 0.769. The van der Waals surface area contributed by atoms with Crippen LogP contribution in [0.25, 0.3) is 10.9 Å². The highest BCUT2D eigenvalue weighted by atomic mass is 16.3. The van der Waals surface area contributed by atoms with Crippen LogP contribution in [0.3, 0.4) is 0 Å². The lowest BCUT2D eigenvalue weighted by Gasteiger charge is -2.08. The maximum absolute atomic E-state index is 12.1. The van der Waals surface area contributed by atoms with Gasteiger partial charge in [-0.3, -0.25) is 4.79 Å². The molecule has 1 atom stereocenters. The molecule has 0 fully saturated rings. The lowest BCUT2D eigenvalue weighted by atomic mass is 10.0. The van der Waals surface area contributed by atoms with Crippen LogP contribution >= 0.6 is 0 Å². The largest absolute Gasteiger partial charge is 0.389 e. The summed E-state index contributed by atoms with van der Waals surface area (Å²) >= 11 is 0. The number of rotatable bonds is 1. The lowest BCUT2D eigenvalue weighted by molar-refractivity contribution is 0.198. The first-order valence-corrected chi connectivity index (χ1v) is 5.31. The van der Waals surface area contributed by atoms with Crippen molar-refractivity contribution in [1.82, 2.24) is 4.98 Å². The number of aromatic amines is 1. The van der Waals surface area contributed by atoms with Gasteiger partial charge in [0.05, 0.1) is 11.6 Å². The Hall–Kier alpha value is -1.61. The number of aliphatic hydroxyl groups excluding tert-OH is 1. The normalized spacial score (nSPS) is 13.0. The number of pyridine rings is 1. The van der Waals surface area contributed by atoms with Crippen LogP contribution in [0.5, 0.6) is 0 Å². The molecule has 0 bridgehead atoms. The van der Waals surface area contributed by atoms with E-state index in [1.807, 2.05) is 26.0 Å². The van der Waals surface area contributed by atoms with Crippen LogP contribution in [0.15, 0.2) is 23.1 Å². The van der Waals surface area contributed by atoms with Gasteiger partial charge in [0.1, 0.15) is 0 Å². The highest BCUT2D eigenvalue weighted by Gasteiger charge is 2.10.